The Kier molecular flexibility index (Phi) is 14.2. The van der Waals surface area contributed by atoms with E-state index < -0.39 is 41.1 Å². The standard InChI is InChI=1S/C47H46N4O10/c1-26(22-29-8-16-35(52)17-9-29)40(53)23-30-6-10-31(11-7-30)41(54)24-33(25-51(4)5)45(58)48-34-14-12-32(13-15-34)44(57)49-38-20-18-36(42(55)27(38)2)46(59)50-39-21-19-37(47(60)61)43(56)28(39)3/h6-22,33,52,55-56H,23-25H2,1-5H3,(H,48,58)(H,49,57)(H,50,59)(H,60,61)/b26-22+/t33-/m1/s1. The first-order valence-electron chi connectivity index (χ1n) is 19.1. The molecule has 0 saturated heterocycles. The number of nitrogens with zero attached hydrogens (tertiary/aromatic N) is 1. The van der Waals surface area contributed by atoms with Gasteiger partial charge in [-0.3, -0.25) is 24.0 Å². The summed E-state index contributed by atoms with van der Waals surface area (Å²) in [5.74, 6) is -4.80. The fourth-order valence-corrected chi connectivity index (χ4v) is 6.42. The van der Waals surface area contributed by atoms with Crippen LogP contribution in [0.3, 0.4) is 0 Å². The summed E-state index contributed by atoms with van der Waals surface area (Å²) >= 11 is 0. The van der Waals surface area contributed by atoms with E-state index in [-0.39, 0.29) is 75.9 Å². The van der Waals surface area contributed by atoms with Crippen LogP contribution in [0.15, 0.2) is 103 Å². The number of phenolic OH excluding ortho intramolecular Hbond substituents is 2. The first kappa shape index (κ1) is 44.5. The normalized spacial score (nSPS) is 11.7. The number of carbonyl (C=O) groups excluding carboxylic acids is 5. The lowest BCUT2D eigenvalue weighted by Crippen LogP contribution is -2.33. The Hall–Kier alpha value is -7.58. The summed E-state index contributed by atoms with van der Waals surface area (Å²) in [5.41, 5.74) is 3.34. The Morgan fingerprint density at radius 2 is 1.20 bits per heavy atom. The second-order valence-electron chi connectivity index (χ2n) is 14.9. The summed E-state index contributed by atoms with van der Waals surface area (Å²) in [5, 5.41) is 47.9. The number of benzene rings is 5. The highest BCUT2D eigenvalue weighted by Gasteiger charge is 2.25. The quantitative estimate of drug-likeness (QED) is 0.0388. The summed E-state index contributed by atoms with van der Waals surface area (Å²) in [4.78, 5) is 79.0. The van der Waals surface area contributed by atoms with Crippen LogP contribution in [0.5, 0.6) is 17.2 Å². The maximum Gasteiger partial charge on any atom is 0.339 e. The van der Waals surface area contributed by atoms with Gasteiger partial charge < -0.3 is 41.3 Å². The number of carbonyl (C=O) groups is 6. The monoisotopic (exact) mass is 826 g/mol. The van der Waals surface area contributed by atoms with Gasteiger partial charge in [0.1, 0.15) is 22.8 Å². The Balaban J connectivity index is 1.17. The van der Waals surface area contributed by atoms with Gasteiger partial charge in [0, 0.05) is 58.7 Å². The number of hydrogen-bond acceptors (Lipinski definition) is 10. The summed E-state index contributed by atoms with van der Waals surface area (Å²) in [6.45, 7) is 4.95. The number of aromatic carboxylic acids is 1. The lowest BCUT2D eigenvalue weighted by atomic mass is 9.95. The van der Waals surface area contributed by atoms with E-state index in [1.807, 2.05) is 0 Å². The molecule has 5 rings (SSSR count). The highest BCUT2D eigenvalue weighted by Crippen LogP contribution is 2.33. The molecule has 61 heavy (non-hydrogen) atoms. The molecule has 0 saturated carbocycles. The third kappa shape index (κ3) is 11.3. The Morgan fingerprint density at radius 1 is 0.656 bits per heavy atom. The Labute approximate surface area is 352 Å². The first-order valence-corrected chi connectivity index (χ1v) is 19.1. The van der Waals surface area contributed by atoms with Gasteiger partial charge in [-0.2, -0.15) is 0 Å². The second-order valence-corrected chi connectivity index (χ2v) is 14.9. The average molecular weight is 827 g/mol. The van der Waals surface area contributed by atoms with Crippen LogP contribution in [-0.2, 0) is 16.0 Å². The molecule has 0 aliphatic carbocycles. The highest BCUT2D eigenvalue weighted by atomic mass is 16.4. The van der Waals surface area contributed by atoms with Gasteiger partial charge in [0.05, 0.1) is 11.5 Å². The molecule has 5 aromatic rings. The van der Waals surface area contributed by atoms with Gasteiger partial charge in [-0.15, -0.1) is 0 Å². The zero-order valence-electron chi connectivity index (χ0n) is 34.2. The van der Waals surface area contributed by atoms with E-state index in [0.717, 1.165) is 17.2 Å². The van der Waals surface area contributed by atoms with Crippen molar-refractivity contribution in [2.45, 2.75) is 33.6 Å². The van der Waals surface area contributed by atoms with E-state index in [0.29, 0.717) is 16.8 Å². The molecule has 0 heterocycles. The smallest absolute Gasteiger partial charge is 0.339 e. The van der Waals surface area contributed by atoms with Gasteiger partial charge in [-0.25, -0.2) is 4.79 Å². The number of carboxylic acid groups (broad SMARTS) is 1. The van der Waals surface area contributed by atoms with Crippen molar-refractivity contribution in [3.63, 3.8) is 0 Å². The van der Waals surface area contributed by atoms with Gasteiger partial charge in [-0.1, -0.05) is 36.4 Å². The Morgan fingerprint density at radius 3 is 1.77 bits per heavy atom. The van der Waals surface area contributed by atoms with Crippen LogP contribution in [0.1, 0.15) is 77.0 Å². The number of allylic oxidation sites excluding steroid dienone is 1. The van der Waals surface area contributed by atoms with Crippen molar-refractivity contribution in [1.29, 1.82) is 0 Å². The Bertz CT molecular complexity index is 2530. The molecule has 1 atom stereocenters. The molecule has 7 N–H and O–H groups in total. The number of phenols is 3. The summed E-state index contributed by atoms with van der Waals surface area (Å²) in [6, 6.07) is 24.6. The predicted molar refractivity (Wildman–Crippen MR) is 232 cm³/mol. The molecule has 0 fully saturated rings. The number of ketones is 2. The summed E-state index contributed by atoms with van der Waals surface area (Å²) < 4.78 is 0. The largest absolute Gasteiger partial charge is 0.508 e. The number of carboxylic acids is 1. The zero-order chi connectivity index (χ0) is 44.5. The van der Waals surface area contributed by atoms with Crippen LogP contribution >= 0.6 is 0 Å². The molecule has 0 aliphatic heterocycles. The molecule has 314 valence electrons. The minimum atomic E-state index is -1.33. The number of Topliss-reactive ketones (excluding diaryl/α,β-unsaturated/α-hetero) is 2. The minimum absolute atomic E-state index is 0.0764. The van der Waals surface area contributed by atoms with Crippen molar-refractivity contribution in [3.8, 4) is 17.2 Å². The summed E-state index contributed by atoms with van der Waals surface area (Å²) in [6.07, 6.45) is 1.81. The molecule has 0 aromatic heterocycles. The van der Waals surface area contributed by atoms with E-state index in [2.05, 4.69) is 16.0 Å². The number of rotatable bonds is 16. The maximum absolute atomic E-state index is 13.5. The van der Waals surface area contributed by atoms with Crippen molar-refractivity contribution in [2.75, 3.05) is 36.6 Å². The third-order valence-corrected chi connectivity index (χ3v) is 9.99. The van der Waals surface area contributed by atoms with Crippen LogP contribution in [0.4, 0.5) is 17.1 Å². The fraction of sp³-hybridized carbons (Fsp3) is 0.191. The molecule has 0 radical (unpaired) electrons. The molecule has 14 heteroatoms. The lowest BCUT2D eigenvalue weighted by Gasteiger charge is -2.20. The molecule has 5 aromatic carbocycles. The molecular weight excluding hydrogens is 781 g/mol. The minimum Gasteiger partial charge on any atom is -0.508 e. The predicted octanol–water partition coefficient (Wildman–Crippen LogP) is 7.23. The van der Waals surface area contributed by atoms with E-state index in [4.69, 9.17) is 0 Å². The number of hydrogen-bond donors (Lipinski definition) is 7. The molecule has 0 bridgehead atoms. The number of aromatic hydroxyl groups is 3. The highest BCUT2D eigenvalue weighted by molar-refractivity contribution is 6.09. The maximum atomic E-state index is 13.5. The van der Waals surface area contributed by atoms with E-state index in [9.17, 15) is 49.2 Å². The average Bonchev–Trinajstić information content (AvgIpc) is 3.22. The molecule has 0 unspecified atom stereocenters. The van der Waals surface area contributed by atoms with E-state index in [1.54, 1.807) is 92.7 Å². The number of anilines is 3. The van der Waals surface area contributed by atoms with Crippen molar-refractivity contribution in [1.82, 2.24) is 4.90 Å². The van der Waals surface area contributed by atoms with Crippen molar-refractivity contribution >= 4 is 58.4 Å². The van der Waals surface area contributed by atoms with E-state index >= 15 is 0 Å². The van der Waals surface area contributed by atoms with Crippen LogP contribution in [0, 0.1) is 19.8 Å². The van der Waals surface area contributed by atoms with Crippen molar-refractivity contribution in [2.24, 2.45) is 5.92 Å². The van der Waals surface area contributed by atoms with Crippen LogP contribution in [0.25, 0.3) is 6.08 Å². The van der Waals surface area contributed by atoms with Gasteiger partial charge >= 0.3 is 5.97 Å². The van der Waals surface area contributed by atoms with E-state index in [1.165, 1.54) is 44.2 Å². The molecule has 3 amide bonds. The third-order valence-electron chi connectivity index (χ3n) is 9.99. The topological polar surface area (TPSA) is 223 Å². The van der Waals surface area contributed by atoms with Crippen LogP contribution in [-0.4, -0.2) is 81.2 Å². The number of nitrogens with one attached hydrogen (secondary N) is 3. The molecule has 14 nitrogen and oxygen atoms in total. The lowest BCUT2D eigenvalue weighted by molar-refractivity contribution is -0.120. The second kappa shape index (κ2) is 19.4. The van der Waals surface area contributed by atoms with Crippen LogP contribution < -0.4 is 16.0 Å². The van der Waals surface area contributed by atoms with Gasteiger partial charge in [0.25, 0.3) is 11.8 Å². The van der Waals surface area contributed by atoms with Crippen molar-refractivity contribution in [3.05, 3.63) is 147 Å². The van der Waals surface area contributed by atoms with Gasteiger partial charge in [0.2, 0.25) is 5.91 Å². The van der Waals surface area contributed by atoms with Crippen LogP contribution in [0.2, 0.25) is 0 Å². The number of amides is 3. The van der Waals surface area contributed by atoms with Crippen molar-refractivity contribution < 1.29 is 49.2 Å². The fourth-order valence-electron chi connectivity index (χ4n) is 6.42. The molecule has 0 spiro atoms. The summed E-state index contributed by atoms with van der Waals surface area (Å²) in [7, 11) is 3.59. The van der Waals surface area contributed by atoms with Gasteiger partial charge in [-0.05, 0) is 118 Å². The SMILES string of the molecule is C/C(=C\c1ccc(O)cc1)C(=O)Cc1ccc(C(=O)C[C@H](CN(C)C)C(=O)Nc2ccc(C(=O)Nc3ccc(C(=O)Nc4ccc(C(=O)O)c(O)c4C)c(O)c3C)cc2)cc1. The first-order chi connectivity index (χ1) is 28.9. The zero-order valence-corrected chi connectivity index (χ0v) is 34.2. The molecular formula is C47H46N4O10. The molecule has 0 aliphatic rings. The van der Waals surface area contributed by atoms with Gasteiger partial charge in [0.15, 0.2) is 11.6 Å².